The van der Waals surface area contributed by atoms with Crippen LogP contribution in [0.2, 0.25) is 0 Å². The predicted molar refractivity (Wildman–Crippen MR) is 122 cm³/mol. The molecule has 34 heavy (non-hydrogen) atoms. The smallest absolute Gasteiger partial charge is 0.293 e. The van der Waals surface area contributed by atoms with Crippen LogP contribution < -0.4 is 14.8 Å². The van der Waals surface area contributed by atoms with Crippen LogP contribution in [-0.2, 0) is 4.79 Å². The van der Waals surface area contributed by atoms with E-state index >= 15 is 0 Å². The third-order valence-corrected chi connectivity index (χ3v) is 6.11. The van der Waals surface area contributed by atoms with Gasteiger partial charge in [-0.3, -0.25) is 24.4 Å². The fraction of sp³-hybridized carbons (Fsp3) is 0.130. The van der Waals surface area contributed by atoms with Gasteiger partial charge in [-0.05, 0) is 59.8 Å². The Balaban J connectivity index is 1.21. The minimum Gasteiger partial charge on any atom is -0.454 e. The molecule has 0 bridgehead atoms. The topological polar surface area (TPSA) is 114 Å². The molecule has 9 nitrogen and oxygen atoms in total. The standard InChI is InChI=1S/C23H17FN4O5S/c24-15-4-2-14(3-5-15)20-16(11-26-27-20)21(29)25-7-8-28-22(30)19(34-23(28)31)10-13-1-6-17-18(9-13)33-12-32-17/h1-6,9-11H,7-8,12H2,(H,25,29)(H,26,27)/b19-10-. The summed E-state index contributed by atoms with van der Waals surface area (Å²) in [6.07, 6.45) is 2.98. The first kappa shape index (κ1) is 21.7. The first-order chi connectivity index (χ1) is 16.5. The number of imide groups is 1. The highest BCUT2D eigenvalue weighted by Gasteiger charge is 2.34. The molecule has 1 saturated heterocycles. The fourth-order valence-corrected chi connectivity index (χ4v) is 4.38. The second-order valence-corrected chi connectivity index (χ2v) is 8.36. The molecule has 5 rings (SSSR count). The zero-order valence-corrected chi connectivity index (χ0v) is 18.4. The molecule has 2 aliphatic heterocycles. The summed E-state index contributed by atoms with van der Waals surface area (Å²) in [6.45, 7) is 0.214. The number of benzene rings is 2. The van der Waals surface area contributed by atoms with Crippen LogP contribution in [-0.4, -0.2) is 52.0 Å². The summed E-state index contributed by atoms with van der Waals surface area (Å²) in [5.74, 6) is -0.0525. The number of nitrogens with one attached hydrogen (secondary N) is 2. The maximum atomic E-state index is 13.2. The average Bonchev–Trinajstić information content (AvgIpc) is 3.55. The van der Waals surface area contributed by atoms with E-state index in [0.717, 1.165) is 16.7 Å². The molecular formula is C23H17FN4O5S. The molecule has 0 aliphatic carbocycles. The highest BCUT2D eigenvalue weighted by molar-refractivity contribution is 8.18. The highest BCUT2D eigenvalue weighted by Crippen LogP contribution is 2.36. The number of carbonyl (C=O) groups excluding carboxylic acids is 3. The Morgan fingerprint density at radius 3 is 2.79 bits per heavy atom. The molecule has 3 heterocycles. The minimum atomic E-state index is -0.434. The van der Waals surface area contributed by atoms with Crippen LogP contribution in [0.1, 0.15) is 15.9 Å². The number of rotatable bonds is 6. The van der Waals surface area contributed by atoms with Gasteiger partial charge in [0.05, 0.1) is 22.4 Å². The largest absolute Gasteiger partial charge is 0.454 e. The first-order valence-electron chi connectivity index (χ1n) is 10.2. The molecule has 0 unspecified atom stereocenters. The molecule has 0 atom stereocenters. The number of carbonyl (C=O) groups is 3. The predicted octanol–water partition coefficient (Wildman–Crippen LogP) is 3.41. The van der Waals surface area contributed by atoms with Gasteiger partial charge in [-0.15, -0.1) is 0 Å². The summed E-state index contributed by atoms with van der Waals surface area (Å²) >= 11 is 0.836. The number of aromatic nitrogens is 2. The van der Waals surface area contributed by atoms with E-state index in [2.05, 4.69) is 15.5 Å². The number of halogens is 1. The van der Waals surface area contributed by atoms with Crippen molar-refractivity contribution in [3.8, 4) is 22.8 Å². The quantitative estimate of drug-likeness (QED) is 0.520. The summed E-state index contributed by atoms with van der Waals surface area (Å²) in [7, 11) is 0. The van der Waals surface area contributed by atoms with E-state index in [-0.39, 0.29) is 36.2 Å². The minimum absolute atomic E-state index is 0.0125. The third-order valence-electron chi connectivity index (χ3n) is 5.21. The number of hydrogen-bond donors (Lipinski definition) is 2. The van der Waals surface area contributed by atoms with Crippen LogP contribution in [0.5, 0.6) is 11.5 Å². The lowest BCUT2D eigenvalue weighted by Crippen LogP contribution is -2.37. The van der Waals surface area contributed by atoms with Crippen molar-refractivity contribution in [2.75, 3.05) is 19.9 Å². The Labute approximate surface area is 196 Å². The average molecular weight is 480 g/mol. The lowest BCUT2D eigenvalue weighted by Gasteiger charge is -2.13. The number of H-pyrrole nitrogens is 1. The number of ether oxygens (including phenoxy) is 2. The molecule has 1 fully saturated rings. The van der Waals surface area contributed by atoms with E-state index in [1.54, 1.807) is 24.3 Å². The molecule has 0 saturated carbocycles. The van der Waals surface area contributed by atoms with E-state index in [1.165, 1.54) is 30.5 Å². The molecule has 11 heteroatoms. The monoisotopic (exact) mass is 480 g/mol. The van der Waals surface area contributed by atoms with Crippen molar-refractivity contribution >= 4 is 34.9 Å². The second kappa shape index (κ2) is 9.02. The summed E-state index contributed by atoms with van der Waals surface area (Å²) < 4.78 is 23.8. The number of nitrogens with zero attached hydrogens (tertiary/aromatic N) is 2. The van der Waals surface area contributed by atoms with Crippen LogP contribution in [0.15, 0.2) is 53.6 Å². The van der Waals surface area contributed by atoms with Crippen molar-refractivity contribution in [1.29, 1.82) is 0 Å². The van der Waals surface area contributed by atoms with Crippen LogP contribution in [0.3, 0.4) is 0 Å². The van der Waals surface area contributed by atoms with Crippen molar-refractivity contribution < 1.29 is 28.2 Å². The van der Waals surface area contributed by atoms with Gasteiger partial charge in [-0.1, -0.05) is 6.07 Å². The zero-order valence-electron chi connectivity index (χ0n) is 17.5. The molecule has 2 aromatic carbocycles. The van der Waals surface area contributed by atoms with Gasteiger partial charge in [0, 0.05) is 18.7 Å². The van der Waals surface area contributed by atoms with E-state index in [9.17, 15) is 18.8 Å². The van der Waals surface area contributed by atoms with Gasteiger partial charge >= 0.3 is 0 Å². The third kappa shape index (κ3) is 4.25. The molecule has 172 valence electrons. The number of aromatic amines is 1. The van der Waals surface area contributed by atoms with Crippen LogP contribution in [0.25, 0.3) is 17.3 Å². The summed E-state index contributed by atoms with van der Waals surface area (Å²) in [6, 6.07) is 10.9. The number of amides is 3. The molecule has 0 radical (unpaired) electrons. The van der Waals surface area contributed by atoms with Crippen LogP contribution in [0, 0.1) is 5.82 Å². The van der Waals surface area contributed by atoms with Gasteiger partial charge in [-0.2, -0.15) is 5.10 Å². The number of hydrogen-bond acceptors (Lipinski definition) is 7. The van der Waals surface area contributed by atoms with Gasteiger partial charge in [0.15, 0.2) is 11.5 Å². The fourth-order valence-electron chi connectivity index (χ4n) is 3.52. The van der Waals surface area contributed by atoms with Crippen molar-refractivity contribution in [2.45, 2.75) is 0 Å². The Kier molecular flexibility index (Phi) is 5.76. The molecule has 3 amide bonds. The van der Waals surface area contributed by atoms with E-state index in [4.69, 9.17) is 9.47 Å². The summed E-state index contributed by atoms with van der Waals surface area (Å²) in [5.41, 5.74) is 2.01. The second-order valence-electron chi connectivity index (χ2n) is 7.37. The first-order valence-corrected chi connectivity index (χ1v) is 11.0. The Morgan fingerprint density at radius 2 is 1.97 bits per heavy atom. The Morgan fingerprint density at radius 1 is 1.18 bits per heavy atom. The van der Waals surface area contributed by atoms with Crippen molar-refractivity contribution in [3.63, 3.8) is 0 Å². The lowest BCUT2D eigenvalue weighted by atomic mass is 10.1. The molecule has 2 aliphatic rings. The molecular weight excluding hydrogens is 463 g/mol. The maximum Gasteiger partial charge on any atom is 0.293 e. The molecule has 2 N–H and O–H groups in total. The van der Waals surface area contributed by atoms with E-state index in [1.807, 2.05) is 0 Å². The van der Waals surface area contributed by atoms with E-state index < -0.39 is 17.1 Å². The van der Waals surface area contributed by atoms with Crippen molar-refractivity contribution in [1.82, 2.24) is 20.4 Å². The SMILES string of the molecule is O=C(NCCN1C(=O)S/C(=C\c2ccc3c(c2)OCO3)C1=O)c1cn[nH]c1-c1ccc(F)cc1. The zero-order chi connectivity index (χ0) is 23.7. The van der Waals surface area contributed by atoms with E-state index in [0.29, 0.717) is 28.3 Å². The highest BCUT2D eigenvalue weighted by atomic mass is 32.2. The lowest BCUT2D eigenvalue weighted by molar-refractivity contribution is -0.122. The van der Waals surface area contributed by atoms with Crippen LogP contribution >= 0.6 is 11.8 Å². The van der Waals surface area contributed by atoms with Crippen molar-refractivity contribution in [3.05, 3.63) is 70.5 Å². The van der Waals surface area contributed by atoms with Gasteiger partial charge in [0.1, 0.15) is 5.82 Å². The van der Waals surface area contributed by atoms with Crippen LogP contribution in [0.4, 0.5) is 9.18 Å². The maximum absolute atomic E-state index is 13.2. The Bertz CT molecular complexity index is 1320. The molecule has 1 aromatic heterocycles. The summed E-state index contributed by atoms with van der Waals surface area (Å²) in [4.78, 5) is 39.1. The molecule has 3 aromatic rings. The van der Waals surface area contributed by atoms with Crippen molar-refractivity contribution in [2.24, 2.45) is 0 Å². The van der Waals surface area contributed by atoms with Gasteiger partial charge in [0.25, 0.3) is 17.1 Å². The molecule has 0 spiro atoms. The summed E-state index contributed by atoms with van der Waals surface area (Å²) in [5, 5.41) is 8.90. The normalized spacial score (nSPS) is 15.9. The van der Waals surface area contributed by atoms with Gasteiger partial charge < -0.3 is 14.8 Å². The Hall–Kier alpha value is -4.12. The number of fused-ring (bicyclic) bond motifs is 1. The van der Waals surface area contributed by atoms with Gasteiger partial charge in [-0.25, -0.2) is 4.39 Å². The number of thioether (sulfide) groups is 1. The van der Waals surface area contributed by atoms with Gasteiger partial charge in [0.2, 0.25) is 6.79 Å².